The molecule has 0 aromatic heterocycles. The first kappa shape index (κ1) is 14.1. The van der Waals surface area contributed by atoms with Crippen LogP contribution >= 0.6 is 0 Å². The lowest BCUT2D eigenvalue weighted by molar-refractivity contribution is -0.125. The minimum absolute atomic E-state index is 0.255. The Bertz CT molecular complexity index is 530. The Hall–Kier alpha value is -0.860. The maximum absolute atomic E-state index is 11.1. The first-order valence-corrected chi connectivity index (χ1v) is 7.74. The van der Waals surface area contributed by atoms with Gasteiger partial charge in [-0.15, -0.1) is 0 Å². The second kappa shape index (κ2) is 4.32. The molecule has 1 heterocycles. The van der Waals surface area contributed by atoms with E-state index in [1.54, 1.807) is 0 Å². The molecule has 1 N–H and O–H groups in total. The van der Waals surface area contributed by atoms with Gasteiger partial charge in [-0.3, -0.25) is 0 Å². The molecule has 1 aliphatic carbocycles. The van der Waals surface area contributed by atoms with Gasteiger partial charge < -0.3 is 9.84 Å². The van der Waals surface area contributed by atoms with Gasteiger partial charge >= 0.3 is 0 Å². The van der Waals surface area contributed by atoms with Crippen molar-refractivity contribution in [1.82, 2.24) is 0 Å². The lowest BCUT2D eigenvalue weighted by Crippen LogP contribution is -2.48. The third-order valence-electron chi connectivity index (χ3n) is 5.03. The van der Waals surface area contributed by atoms with E-state index in [9.17, 15) is 5.11 Å². The minimum Gasteiger partial charge on any atom is -0.386 e. The van der Waals surface area contributed by atoms with Crippen LogP contribution in [0.1, 0.15) is 57.2 Å². The molecule has 0 saturated carbocycles. The fourth-order valence-electron chi connectivity index (χ4n) is 4.09. The normalized spacial score (nSPS) is 30.4. The Morgan fingerprint density at radius 2 is 1.80 bits per heavy atom. The SMILES string of the molecule is CC1(C)CC(O)(Cc2ccc3c(c2)CCC3)C(C)(C)O1. The molecule has 1 atom stereocenters. The van der Waals surface area contributed by atoms with Crippen LogP contribution in [0, 0.1) is 0 Å². The minimum atomic E-state index is -0.788. The number of aryl methyl sites for hydroxylation is 2. The second-order valence-electron chi connectivity index (χ2n) is 7.71. The Balaban J connectivity index is 1.87. The van der Waals surface area contributed by atoms with Crippen LogP contribution in [0.25, 0.3) is 0 Å². The largest absolute Gasteiger partial charge is 0.386 e. The van der Waals surface area contributed by atoms with Crippen molar-refractivity contribution in [1.29, 1.82) is 0 Å². The summed E-state index contributed by atoms with van der Waals surface area (Å²) >= 11 is 0. The smallest absolute Gasteiger partial charge is 0.0998 e. The van der Waals surface area contributed by atoms with Crippen molar-refractivity contribution >= 4 is 0 Å². The first-order valence-electron chi connectivity index (χ1n) is 7.74. The predicted octanol–water partition coefficient (Wildman–Crippen LogP) is 3.43. The van der Waals surface area contributed by atoms with Gasteiger partial charge in [-0.05, 0) is 63.6 Å². The molecule has 0 bridgehead atoms. The Morgan fingerprint density at radius 3 is 2.45 bits per heavy atom. The van der Waals surface area contributed by atoms with Crippen LogP contribution in [0.5, 0.6) is 0 Å². The molecule has 2 heteroatoms. The zero-order valence-electron chi connectivity index (χ0n) is 13.1. The second-order valence-corrected chi connectivity index (χ2v) is 7.71. The molecule has 3 rings (SSSR count). The van der Waals surface area contributed by atoms with Gasteiger partial charge in [0.05, 0.1) is 16.8 Å². The van der Waals surface area contributed by atoms with E-state index in [1.807, 2.05) is 13.8 Å². The van der Waals surface area contributed by atoms with E-state index in [0.29, 0.717) is 12.8 Å². The molecule has 0 spiro atoms. The molecule has 1 aromatic rings. The van der Waals surface area contributed by atoms with Gasteiger partial charge in [0.15, 0.2) is 0 Å². The van der Waals surface area contributed by atoms with Crippen molar-refractivity contribution in [3.63, 3.8) is 0 Å². The summed E-state index contributed by atoms with van der Waals surface area (Å²) in [7, 11) is 0. The molecule has 2 aliphatic rings. The molecule has 1 saturated heterocycles. The maximum Gasteiger partial charge on any atom is 0.0998 e. The molecular formula is C18H26O2. The molecule has 110 valence electrons. The highest BCUT2D eigenvalue weighted by atomic mass is 16.5. The number of hydrogen-bond acceptors (Lipinski definition) is 2. The molecular weight excluding hydrogens is 248 g/mol. The van der Waals surface area contributed by atoms with Crippen molar-refractivity contribution in [3.8, 4) is 0 Å². The Kier molecular flexibility index (Phi) is 3.04. The van der Waals surface area contributed by atoms with Crippen molar-refractivity contribution in [2.45, 2.75) is 76.6 Å². The lowest BCUT2D eigenvalue weighted by Gasteiger charge is -2.35. The van der Waals surface area contributed by atoms with Gasteiger partial charge in [-0.25, -0.2) is 0 Å². The summed E-state index contributed by atoms with van der Waals surface area (Å²) in [4.78, 5) is 0. The van der Waals surface area contributed by atoms with Gasteiger partial charge in [-0.1, -0.05) is 18.2 Å². The highest BCUT2D eigenvalue weighted by Gasteiger charge is 2.56. The molecule has 1 unspecified atom stereocenters. The number of rotatable bonds is 2. The molecule has 20 heavy (non-hydrogen) atoms. The van der Waals surface area contributed by atoms with E-state index in [1.165, 1.54) is 36.0 Å². The molecule has 0 radical (unpaired) electrons. The van der Waals surface area contributed by atoms with Crippen LogP contribution in [0.3, 0.4) is 0 Å². The highest BCUT2D eigenvalue weighted by Crippen LogP contribution is 2.46. The van der Waals surface area contributed by atoms with E-state index >= 15 is 0 Å². The van der Waals surface area contributed by atoms with Crippen molar-refractivity contribution in [3.05, 3.63) is 34.9 Å². The number of aliphatic hydroxyl groups is 1. The summed E-state index contributed by atoms with van der Waals surface area (Å²) < 4.78 is 6.07. The Labute approximate surface area is 122 Å². The van der Waals surface area contributed by atoms with Crippen LogP contribution < -0.4 is 0 Å². The molecule has 2 nitrogen and oxygen atoms in total. The number of fused-ring (bicyclic) bond motifs is 1. The fraction of sp³-hybridized carbons (Fsp3) is 0.667. The summed E-state index contributed by atoms with van der Waals surface area (Å²) in [5.41, 5.74) is 2.65. The summed E-state index contributed by atoms with van der Waals surface area (Å²) in [6.07, 6.45) is 5.03. The van der Waals surface area contributed by atoms with Crippen LogP contribution in [0.2, 0.25) is 0 Å². The number of hydrogen-bond donors (Lipinski definition) is 1. The zero-order valence-corrected chi connectivity index (χ0v) is 13.1. The molecule has 0 amide bonds. The van der Waals surface area contributed by atoms with Crippen molar-refractivity contribution < 1.29 is 9.84 Å². The van der Waals surface area contributed by atoms with E-state index in [-0.39, 0.29) is 5.60 Å². The maximum atomic E-state index is 11.1. The lowest BCUT2D eigenvalue weighted by atomic mass is 9.78. The van der Waals surface area contributed by atoms with Crippen molar-refractivity contribution in [2.24, 2.45) is 0 Å². The van der Waals surface area contributed by atoms with E-state index in [0.717, 1.165) is 0 Å². The third kappa shape index (κ3) is 2.29. The Morgan fingerprint density at radius 1 is 1.10 bits per heavy atom. The highest BCUT2D eigenvalue weighted by molar-refractivity contribution is 5.36. The van der Waals surface area contributed by atoms with Gasteiger partial charge in [0, 0.05) is 12.8 Å². The monoisotopic (exact) mass is 274 g/mol. The van der Waals surface area contributed by atoms with Crippen LogP contribution in [-0.2, 0) is 24.0 Å². The average Bonchev–Trinajstić information content (AvgIpc) is 2.78. The fourth-order valence-corrected chi connectivity index (χ4v) is 4.09. The zero-order chi connectivity index (χ0) is 14.6. The number of ether oxygens (including phenoxy) is 1. The van der Waals surface area contributed by atoms with Gasteiger partial charge in [0.1, 0.15) is 0 Å². The predicted molar refractivity (Wildman–Crippen MR) is 81.0 cm³/mol. The van der Waals surface area contributed by atoms with Gasteiger partial charge in [0.25, 0.3) is 0 Å². The quantitative estimate of drug-likeness (QED) is 0.895. The van der Waals surface area contributed by atoms with Crippen LogP contribution in [0.15, 0.2) is 18.2 Å². The van der Waals surface area contributed by atoms with E-state index in [2.05, 4.69) is 32.0 Å². The summed E-state index contributed by atoms with van der Waals surface area (Å²) in [5, 5.41) is 11.1. The molecule has 1 aromatic carbocycles. The first-order chi connectivity index (χ1) is 9.21. The van der Waals surface area contributed by atoms with Crippen molar-refractivity contribution in [2.75, 3.05) is 0 Å². The summed E-state index contributed by atoms with van der Waals surface area (Å²) in [6.45, 7) is 8.15. The standard InChI is InChI=1S/C18H26O2/c1-16(2)12-18(19,17(3,4)20-16)11-13-8-9-14-6-5-7-15(14)10-13/h8-10,19H,5-7,11-12H2,1-4H3. The number of benzene rings is 1. The van der Waals surface area contributed by atoms with Gasteiger partial charge in [-0.2, -0.15) is 0 Å². The van der Waals surface area contributed by atoms with Gasteiger partial charge in [0.2, 0.25) is 0 Å². The molecule has 1 fully saturated rings. The topological polar surface area (TPSA) is 29.5 Å². The van der Waals surface area contributed by atoms with E-state index in [4.69, 9.17) is 4.74 Å². The van der Waals surface area contributed by atoms with Crippen LogP contribution in [-0.4, -0.2) is 21.9 Å². The van der Waals surface area contributed by atoms with Crippen LogP contribution in [0.4, 0.5) is 0 Å². The summed E-state index contributed by atoms with van der Waals surface area (Å²) in [6, 6.07) is 6.72. The third-order valence-corrected chi connectivity index (χ3v) is 5.03. The molecule has 1 aliphatic heterocycles. The summed E-state index contributed by atoms with van der Waals surface area (Å²) in [5.74, 6) is 0. The average molecular weight is 274 g/mol. The van der Waals surface area contributed by atoms with E-state index < -0.39 is 11.2 Å².